The number of ether oxygens (including phenoxy) is 1. The van der Waals surface area contributed by atoms with E-state index in [1.807, 2.05) is 30.3 Å². The van der Waals surface area contributed by atoms with Crippen LogP contribution in [0.1, 0.15) is 24.5 Å². The number of rotatable bonds is 1. The van der Waals surface area contributed by atoms with E-state index in [9.17, 15) is 10.2 Å². The quantitative estimate of drug-likeness (QED) is 0.706. The average Bonchev–Trinajstić information content (AvgIpc) is 2.18. The van der Waals surface area contributed by atoms with Crippen molar-refractivity contribution in [3.63, 3.8) is 0 Å². The summed E-state index contributed by atoms with van der Waals surface area (Å²) in [5.41, 5.74) is 1.00. The van der Waals surface area contributed by atoms with Crippen molar-refractivity contribution in [1.82, 2.24) is 0 Å². The zero-order valence-corrected chi connectivity index (χ0v) is 7.84. The first kappa shape index (κ1) is 9.65. The summed E-state index contributed by atoms with van der Waals surface area (Å²) < 4.78 is 5.34. The van der Waals surface area contributed by atoms with Crippen LogP contribution in [0.15, 0.2) is 30.3 Å². The third-order valence-corrected chi connectivity index (χ3v) is 2.45. The second-order valence-electron chi connectivity index (χ2n) is 3.62. The van der Waals surface area contributed by atoms with E-state index in [2.05, 4.69) is 0 Å². The van der Waals surface area contributed by atoms with Crippen molar-refractivity contribution in [3.05, 3.63) is 35.9 Å². The average molecular weight is 194 g/mol. The lowest BCUT2D eigenvalue weighted by molar-refractivity contribution is -0.191. The van der Waals surface area contributed by atoms with Gasteiger partial charge in [0, 0.05) is 12.8 Å². The minimum absolute atomic E-state index is 0.185. The number of benzene rings is 1. The van der Waals surface area contributed by atoms with E-state index in [1.165, 1.54) is 0 Å². The van der Waals surface area contributed by atoms with Crippen molar-refractivity contribution < 1.29 is 14.9 Å². The molecular weight excluding hydrogens is 180 g/mol. The van der Waals surface area contributed by atoms with Crippen LogP contribution in [0.3, 0.4) is 0 Å². The standard InChI is InChI=1S/C11H14O3/c12-9-6-10(14-11(13)7-9)8-4-2-1-3-5-8/h1-5,9-13H,6-7H2/t9-,10+,11+/m0/s1. The molecule has 1 heterocycles. The molecule has 14 heavy (non-hydrogen) atoms. The van der Waals surface area contributed by atoms with Gasteiger partial charge in [-0.05, 0) is 5.56 Å². The number of hydrogen-bond donors (Lipinski definition) is 2. The van der Waals surface area contributed by atoms with Crippen LogP contribution in [0.5, 0.6) is 0 Å². The van der Waals surface area contributed by atoms with E-state index in [-0.39, 0.29) is 6.10 Å². The van der Waals surface area contributed by atoms with Crippen LogP contribution in [0.2, 0.25) is 0 Å². The molecule has 3 heteroatoms. The Morgan fingerprint density at radius 3 is 2.43 bits per heavy atom. The monoisotopic (exact) mass is 194 g/mol. The summed E-state index contributed by atoms with van der Waals surface area (Å²) >= 11 is 0. The number of hydrogen-bond acceptors (Lipinski definition) is 3. The van der Waals surface area contributed by atoms with E-state index in [1.54, 1.807) is 0 Å². The molecule has 2 rings (SSSR count). The molecule has 0 aromatic heterocycles. The van der Waals surface area contributed by atoms with Crippen LogP contribution >= 0.6 is 0 Å². The Kier molecular flexibility index (Phi) is 2.82. The number of aliphatic hydroxyl groups is 2. The highest BCUT2D eigenvalue weighted by atomic mass is 16.6. The Bertz CT molecular complexity index is 276. The van der Waals surface area contributed by atoms with E-state index in [4.69, 9.17) is 4.74 Å². The maximum Gasteiger partial charge on any atom is 0.157 e. The third-order valence-electron chi connectivity index (χ3n) is 2.45. The fourth-order valence-electron chi connectivity index (χ4n) is 1.76. The summed E-state index contributed by atoms with van der Waals surface area (Å²) in [6, 6.07) is 9.65. The first-order chi connectivity index (χ1) is 6.75. The molecule has 3 atom stereocenters. The lowest BCUT2D eigenvalue weighted by Crippen LogP contribution is -2.30. The summed E-state index contributed by atoms with van der Waals surface area (Å²) in [4.78, 5) is 0. The van der Waals surface area contributed by atoms with Gasteiger partial charge in [-0.3, -0.25) is 0 Å². The van der Waals surface area contributed by atoms with Crippen LogP contribution in [0, 0.1) is 0 Å². The van der Waals surface area contributed by atoms with Gasteiger partial charge < -0.3 is 14.9 Å². The molecule has 1 aromatic carbocycles. The molecule has 1 fully saturated rings. The van der Waals surface area contributed by atoms with Crippen LogP contribution in [0.4, 0.5) is 0 Å². The second kappa shape index (κ2) is 4.09. The van der Waals surface area contributed by atoms with Gasteiger partial charge in [-0.1, -0.05) is 30.3 Å². The molecule has 0 amide bonds. The van der Waals surface area contributed by atoms with Gasteiger partial charge in [0.1, 0.15) is 0 Å². The second-order valence-corrected chi connectivity index (χ2v) is 3.62. The normalized spacial score (nSPS) is 32.9. The fourth-order valence-corrected chi connectivity index (χ4v) is 1.76. The molecule has 3 nitrogen and oxygen atoms in total. The molecule has 1 aliphatic heterocycles. The topological polar surface area (TPSA) is 49.7 Å². The van der Waals surface area contributed by atoms with Gasteiger partial charge in [0.05, 0.1) is 12.2 Å². The molecular formula is C11H14O3. The first-order valence-electron chi connectivity index (χ1n) is 4.82. The van der Waals surface area contributed by atoms with Gasteiger partial charge in [-0.2, -0.15) is 0 Å². The van der Waals surface area contributed by atoms with Gasteiger partial charge in [-0.25, -0.2) is 0 Å². The summed E-state index contributed by atoms with van der Waals surface area (Å²) in [7, 11) is 0. The Hall–Kier alpha value is -0.900. The predicted octanol–water partition coefficient (Wildman–Crippen LogP) is 1.22. The molecule has 76 valence electrons. The van der Waals surface area contributed by atoms with Crippen LogP contribution < -0.4 is 0 Å². The maximum absolute atomic E-state index is 9.47. The van der Waals surface area contributed by atoms with Crippen LogP contribution in [-0.2, 0) is 4.74 Å². The van der Waals surface area contributed by atoms with Crippen molar-refractivity contribution in [2.45, 2.75) is 31.3 Å². The fraction of sp³-hybridized carbons (Fsp3) is 0.455. The lowest BCUT2D eigenvalue weighted by atomic mass is 9.99. The van der Waals surface area contributed by atoms with Gasteiger partial charge in [0.25, 0.3) is 0 Å². The van der Waals surface area contributed by atoms with Crippen molar-refractivity contribution >= 4 is 0 Å². The predicted molar refractivity (Wildman–Crippen MR) is 51.5 cm³/mol. The molecule has 1 saturated heterocycles. The molecule has 1 aromatic rings. The highest BCUT2D eigenvalue weighted by molar-refractivity contribution is 5.18. The first-order valence-corrected chi connectivity index (χ1v) is 4.82. The molecule has 0 bridgehead atoms. The maximum atomic E-state index is 9.47. The SMILES string of the molecule is O[C@@H]1C[C@H](O)O[C@@H](c2ccccc2)C1. The van der Waals surface area contributed by atoms with Crippen molar-refractivity contribution in [1.29, 1.82) is 0 Å². The van der Waals surface area contributed by atoms with Crippen molar-refractivity contribution in [2.75, 3.05) is 0 Å². The summed E-state index contributed by atoms with van der Waals surface area (Å²) in [5, 5.41) is 18.8. The van der Waals surface area contributed by atoms with Crippen molar-refractivity contribution in [2.24, 2.45) is 0 Å². The third kappa shape index (κ3) is 2.12. The van der Waals surface area contributed by atoms with Gasteiger partial charge in [0.2, 0.25) is 0 Å². The Balaban J connectivity index is 2.11. The summed E-state index contributed by atoms with van der Waals surface area (Å²) in [5.74, 6) is 0. The highest BCUT2D eigenvalue weighted by Crippen LogP contribution is 2.30. The van der Waals surface area contributed by atoms with E-state index >= 15 is 0 Å². The van der Waals surface area contributed by atoms with E-state index in [0.717, 1.165) is 5.56 Å². The highest BCUT2D eigenvalue weighted by Gasteiger charge is 2.27. The Labute approximate surface area is 83.0 Å². The Morgan fingerprint density at radius 1 is 1.07 bits per heavy atom. The Morgan fingerprint density at radius 2 is 1.79 bits per heavy atom. The molecule has 2 N–H and O–H groups in total. The lowest BCUT2D eigenvalue weighted by Gasteiger charge is -2.30. The molecule has 1 aliphatic rings. The minimum Gasteiger partial charge on any atom is -0.393 e. The van der Waals surface area contributed by atoms with Gasteiger partial charge >= 0.3 is 0 Å². The molecule has 0 saturated carbocycles. The van der Waals surface area contributed by atoms with Gasteiger partial charge in [0.15, 0.2) is 6.29 Å². The van der Waals surface area contributed by atoms with E-state index < -0.39 is 12.4 Å². The largest absolute Gasteiger partial charge is 0.393 e. The van der Waals surface area contributed by atoms with E-state index in [0.29, 0.717) is 12.8 Å². The number of aliphatic hydroxyl groups excluding tert-OH is 2. The molecule has 0 radical (unpaired) electrons. The van der Waals surface area contributed by atoms with Crippen molar-refractivity contribution in [3.8, 4) is 0 Å². The van der Waals surface area contributed by atoms with Crippen LogP contribution in [0.25, 0.3) is 0 Å². The molecule has 0 spiro atoms. The molecule has 0 unspecified atom stereocenters. The zero-order valence-electron chi connectivity index (χ0n) is 7.84. The smallest absolute Gasteiger partial charge is 0.157 e. The van der Waals surface area contributed by atoms with Gasteiger partial charge in [-0.15, -0.1) is 0 Å². The zero-order chi connectivity index (χ0) is 9.97. The molecule has 0 aliphatic carbocycles. The minimum atomic E-state index is -0.844. The summed E-state index contributed by atoms with van der Waals surface area (Å²) in [6.45, 7) is 0. The van der Waals surface area contributed by atoms with Crippen LogP contribution in [-0.4, -0.2) is 22.6 Å². The summed E-state index contributed by atoms with van der Waals surface area (Å²) in [6.07, 6.45) is -0.632.